The zero-order chi connectivity index (χ0) is 23.9. The van der Waals surface area contributed by atoms with Gasteiger partial charge in [0.2, 0.25) is 5.91 Å². The van der Waals surface area contributed by atoms with Crippen LogP contribution in [0.15, 0.2) is 52.7 Å². The molecule has 178 valence electrons. The van der Waals surface area contributed by atoms with Gasteiger partial charge in [-0.1, -0.05) is 12.1 Å². The lowest BCUT2D eigenvalue weighted by atomic mass is 10.1. The average Bonchev–Trinajstić information content (AvgIpc) is 3.43. The van der Waals surface area contributed by atoms with Crippen molar-refractivity contribution >= 4 is 43.8 Å². The molecule has 1 amide bonds. The smallest absolute Gasteiger partial charge is 0.261 e. The summed E-state index contributed by atoms with van der Waals surface area (Å²) in [7, 11) is -3.76. The van der Waals surface area contributed by atoms with E-state index in [1.807, 2.05) is 24.4 Å². The molecule has 3 heterocycles. The van der Waals surface area contributed by atoms with Crippen molar-refractivity contribution in [3.05, 3.63) is 53.4 Å². The van der Waals surface area contributed by atoms with E-state index in [4.69, 9.17) is 9.72 Å². The van der Waals surface area contributed by atoms with Crippen LogP contribution in [0.1, 0.15) is 19.4 Å². The number of carbonyl (C=O) groups is 1. The molecule has 0 spiro atoms. The van der Waals surface area contributed by atoms with Gasteiger partial charge in [0.05, 0.1) is 23.8 Å². The number of amides is 1. The van der Waals surface area contributed by atoms with Gasteiger partial charge in [0.25, 0.3) is 10.0 Å². The van der Waals surface area contributed by atoms with E-state index in [1.165, 1.54) is 6.92 Å². The van der Waals surface area contributed by atoms with E-state index in [9.17, 15) is 13.2 Å². The van der Waals surface area contributed by atoms with Gasteiger partial charge in [0.15, 0.2) is 5.13 Å². The topological polar surface area (TPSA) is 91.8 Å². The fourth-order valence-corrected chi connectivity index (χ4v) is 6.47. The third-order valence-corrected chi connectivity index (χ3v) is 8.40. The molecule has 1 fully saturated rings. The number of fused-ring (bicyclic) bond motifs is 1. The quantitative estimate of drug-likeness (QED) is 0.576. The summed E-state index contributed by atoms with van der Waals surface area (Å²) < 4.78 is 34.1. The van der Waals surface area contributed by atoms with E-state index < -0.39 is 10.0 Å². The first kappa shape index (κ1) is 22.8. The summed E-state index contributed by atoms with van der Waals surface area (Å²) in [6, 6.07) is 12.2. The molecular formula is C24H26N4O4S2. The number of hydrogen-bond acceptors (Lipinski definition) is 7. The van der Waals surface area contributed by atoms with E-state index in [0.717, 1.165) is 40.7 Å². The number of benzene rings is 2. The molecule has 5 rings (SSSR count). The Morgan fingerprint density at radius 1 is 1.15 bits per heavy atom. The Kier molecular flexibility index (Phi) is 6.05. The second-order valence-electron chi connectivity index (χ2n) is 8.53. The number of nitrogens with one attached hydrogen (secondary N) is 1. The van der Waals surface area contributed by atoms with Crippen molar-refractivity contribution in [3.63, 3.8) is 0 Å². The Morgan fingerprint density at radius 3 is 2.59 bits per heavy atom. The maximum absolute atomic E-state index is 13.0. The number of thiazole rings is 1. The van der Waals surface area contributed by atoms with E-state index in [2.05, 4.69) is 9.62 Å². The molecule has 1 aromatic heterocycles. The van der Waals surface area contributed by atoms with Gasteiger partial charge in [-0.3, -0.25) is 9.52 Å². The Hall–Kier alpha value is -2.95. The summed E-state index contributed by atoms with van der Waals surface area (Å²) in [4.78, 5) is 20.8. The van der Waals surface area contributed by atoms with E-state index in [0.29, 0.717) is 25.3 Å². The first-order chi connectivity index (χ1) is 16.3. The zero-order valence-corrected chi connectivity index (χ0v) is 20.7. The van der Waals surface area contributed by atoms with Crippen LogP contribution in [0.4, 0.5) is 16.5 Å². The Balaban J connectivity index is 1.31. The minimum atomic E-state index is -3.76. The third-order valence-electron chi connectivity index (χ3n) is 6.12. The maximum Gasteiger partial charge on any atom is 0.261 e. The highest BCUT2D eigenvalue weighted by Gasteiger charge is 2.30. The molecule has 2 aliphatic heterocycles. The minimum absolute atomic E-state index is 0.0143. The van der Waals surface area contributed by atoms with Crippen LogP contribution in [0.25, 0.3) is 11.3 Å². The van der Waals surface area contributed by atoms with Crippen LogP contribution in [0.2, 0.25) is 0 Å². The molecule has 0 saturated carbocycles. The van der Waals surface area contributed by atoms with Crippen LogP contribution in [0.5, 0.6) is 0 Å². The highest BCUT2D eigenvalue weighted by Crippen LogP contribution is 2.34. The SMILES string of the molecule is CC(=O)N1c2ccc(S(=O)(=O)Nc3ccc(-c4csc(N5CCOCC5)n4)cc3)cc2C[C@H]1C. The van der Waals surface area contributed by atoms with Crippen LogP contribution in [-0.4, -0.2) is 51.7 Å². The van der Waals surface area contributed by atoms with Gasteiger partial charge >= 0.3 is 0 Å². The van der Waals surface area contributed by atoms with E-state index >= 15 is 0 Å². The molecule has 1 N–H and O–H groups in total. The minimum Gasteiger partial charge on any atom is -0.378 e. The molecule has 3 aromatic rings. The molecular weight excluding hydrogens is 472 g/mol. The van der Waals surface area contributed by atoms with Gasteiger partial charge in [0, 0.05) is 48.4 Å². The maximum atomic E-state index is 13.0. The standard InChI is InChI=1S/C24H26N4O4S2/c1-16-13-19-14-21(7-8-23(19)28(16)17(2)29)34(30,31)26-20-5-3-18(4-6-20)22-15-33-24(25-22)27-9-11-32-12-10-27/h3-8,14-16,26H,9-13H2,1-2H3/t16-/m1/s1. The molecule has 2 aliphatic rings. The normalized spacial score (nSPS) is 18.1. The number of ether oxygens (including phenoxy) is 1. The molecule has 34 heavy (non-hydrogen) atoms. The number of carbonyl (C=O) groups excluding carboxylic acids is 1. The van der Waals surface area contributed by atoms with Crippen molar-refractivity contribution in [2.75, 3.05) is 40.8 Å². The van der Waals surface area contributed by atoms with Crippen molar-refractivity contribution in [1.82, 2.24) is 4.98 Å². The lowest BCUT2D eigenvalue weighted by Crippen LogP contribution is -2.36. The highest BCUT2D eigenvalue weighted by atomic mass is 32.2. The first-order valence-electron chi connectivity index (χ1n) is 11.2. The van der Waals surface area contributed by atoms with Crippen LogP contribution in [0.3, 0.4) is 0 Å². The largest absolute Gasteiger partial charge is 0.378 e. The lowest BCUT2D eigenvalue weighted by Gasteiger charge is -2.26. The van der Waals surface area contributed by atoms with Crippen LogP contribution in [0, 0.1) is 0 Å². The number of nitrogens with zero attached hydrogens (tertiary/aromatic N) is 3. The van der Waals surface area contributed by atoms with Gasteiger partial charge in [-0.25, -0.2) is 13.4 Å². The van der Waals surface area contributed by atoms with Crippen LogP contribution >= 0.6 is 11.3 Å². The molecule has 8 nitrogen and oxygen atoms in total. The summed E-state index contributed by atoms with van der Waals surface area (Å²) in [5.74, 6) is -0.0442. The van der Waals surface area contributed by atoms with Crippen LogP contribution < -0.4 is 14.5 Å². The molecule has 0 aliphatic carbocycles. The lowest BCUT2D eigenvalue weighted by molar-refractivity contribution is -0.116. The third kappa shape index (κ3) is 4.40. The van der Waals surface area contributed by atoms with Crippen molar-refractivity contribution < 1.29 is 17.9 Å². The molecule has 1 saturated heterocycles. The summed E-state index contributed by atoms with van der Waals surface area (Å²) in [5, 5.41) is 2.98. The van der Waals surface area contributed by atoms with Gasteiger partial charge < -0.3 is 14.5 Å². The molecule has 10 heteroatoms. The monoisotopic (exact) mass is 498 g/mol. The van der Waals surface area contributed by atoms with Gasteiger partial charge in [-0.05, 0) is 49.2 Å². The Morgan fingerprint density at radius 2 is 1.88 bits per heavy atom. The van der Waals surface area contributed by atoms with Crippen molar-refractivity contribution in [1.29, 1.82) is 0 Å². The average molecular weight is 499 g/mol. The van der Waals surface area contributed by atoms with E-state index in [-0.39, 0.29) is 16.8 Å². The Labute approximate surface area is 203 Å². The predicted octanol–water partition coefficient (Wildman–Crippen LogP) is 3.75. The first-order valence-corrected chi connectivity index (χ1v) is 13.5. The highest BCUT2D eigenvalue weighted by molar-refractivity contribution is 7.92. The van der Waals surface area contributed by atoms with E-state index in [1.54, 1.807) is 46.6 Å². The number of morpholine rings is 1. The van der Waals surface area contributed by atoms with Crippen molar-refractivity contribution in [2.24, 2.45) is 0 Å². The van der Waals surface area contributed by atoms with Gasteiger partial charge in [-0.2, -0.15) is 0 Å². The second-order valence-corrected chi connectivity index (χ2v) is 11.0. The zero-order valence-electron chi connectivity index (χ0n) is 19.0. The number of anilines is 3. The molecule has 0 radical (unpaired) electrons. The molecule has 0 unspecified atom stereocenters. The van der Waals surface area contributed by atoms with Crippen molar-refractivity contribution in [2.45, 2.75) is 31.2 Å². The van der Waals surface area contributed by atoms with Gasteiger partial charge in [0.1, 0.15) is 0 Å². The van der Waals surface area contributed by atoms with Gasteiger partial charge in [-0.15, -0.1) is 11.3 Å². The fourth-order valence-electron chi connectivity index (χ4n) is 4.47. The number of rotatable bonds is 5. The number of hydrogen-bond donors (Lipinski definition) is 1. The summed E-state index contributed by atoms with van der Waals surface area (Å²) in [6.07, 6.45) is 0.632. The number of sulfonamides is 1. The predicted molar refractivity (Wildman–Crippen MR) is 134 cm³/mol. The molecule has 0 bridgehead atoms. The van der Waals surface area contributed by atoms with Crippen LogP contribution in [-0.2, 0) is 26.0 Å². The summed E-state index contributed by atoms with van der Waals surface area (Å²) >= 11 is 1.60. The fraction of sp³-hybridized carbons (Fsp3) is 0.333. The second kappa shape index (κ2) is 9.01. The molecule has 2 aromatic carbocycles. The number of aromatic nitrogens is 1. The summed E-state index contributed by atoms with van der Waals surface area (Å²) in [5.41, 5.74) is 3.91. The molecule has 1 atom stereocenters. The summed E-state index contributed by atoms with van der Waals surface area (Å²) in [6.45, 7) is 6.58. The van der Waals surface area contributed by atoms with Crippen molar-refractivity contribution in [3.8, 4) is 11.3 Å². The Bertz CT molecular complexity index is 1310.